The molecule has 6 nitrogen and oxygen atoms in total. The monoisotopic (exact) mass is 403 g/mol. The second kappa shape index (κ2) is 10.7. The standard InChI is InChI=1S/C18H26ClN3O3.ClH/c1-3-22(12-18(24)25)14-7-9-21(10-8-14)11-17(23)20-16-6-4-5-15(19)13(16)2;/h4-6,14H,3,7-12H2,1-2H3,(H,20,23)(H,24,25);1H. The van der Waals surface area contributed by atoms with Gasteiger partial charge in [-0.2, -0.15) is 0 Å². The minimum absolute atomic E-state index is 0. The SMILES string of the molecule is CCN(CC(=O)O)C1CCN(CC(=O)Nc2cccc(Cl)c2C)CC1.Cl. The number of likely N-dealkylation sites (N-methyl/N-ethyl adjacent to an activating group) is 1. The zero-order valence-electron chi connectivity index (χ0n) is 15.2. The number of hydrogen-bond acceptors (Lipinski definition) is 4. The van der Waals surface area contributed by atoms with Gasteiger partial charge in [0.1, 0.15) is 0 Å². The Morgan fingerprint density at radius 2 is 2.00 bits per heavy atom. The summed E-state index contributed by atoms with van der Waals surface area (Å²) in [6.45, 7) is 6.59. The number of likely N-dealkylation sites (tertiary alicyclic amines) is 1. The predicted octanol–water partition coefficient (Wildman–Crippen LogP) is 2.88. The molecule has 1 aliphatic heterocycles. The van der Waals surface area contributed by atoms with Crippen LogP contribution in [0.15, 0.2) is 18.2 Å². The number of benzene rings is 1. The Labute approximate surface area is 165 Å². The van der Waals surface area contributed by atoms with Crippen LogP contribution in [-0.4, -0.2) is 65.5 Å². The van der Waals surface area contributed by atoms with Gasteiger partial charge < -0.3 is 10.4 Å². The number of halogens is 2. The minimum atomic E-state index is -0.791. The van der Waals surface area contributed by atoms with E-state index >= 15 is 0 Å². The maximum Gasteiger partial charge on any atom is 0.317 e. The molecule has 1 aliphatic rings. The third kappa shape index (κ3) is 6.43. The highest BCUT2D eigenvalue weighted by molar-refractivity contribution is 6.31. The maximum atomic E-state index is 12.3. The summed E-state index contributed by atoms with van der Waals surface area (Å²) in [5.41, 5.74) is 1.61. The van der Waals surface area contributed by atoms with E-state index in [-0.39, 0.29) is 30.9 Å². The van der Waals surface area contributed by atoms with Crippen molar-refractivity contribution in [3.8, 4) is 0 Å². The van der Waals surface area contributed by atoms with Crippen LogP contribution in [0.3, 0.4) is 0 Å². The topological polar surface area (TPSA) is 72.9 Å². The van der Waals surface area contributed by atoms with Crippen molar-refractivity contribution in [2.75, 3.05) is 38.0 Å². The van der Waals surface area contributed by atoms with Gasteiger partial charge in [0.2, 0.25) is 5.91 Å². The molecular weight excluding hydrogens is 377 g/mol. The summed E-state index contributed by atoms with van der Waals surface area (Å²) in [7, 11) is 0. The smallest absolute Gasteiger partial charge is 0.317 e. The molecule has 146 valence electrons. The van der Waals surface area contributed by atoms with Gasteiger partial charge in [-0.1, -0.05) is 24.6 Å². The fourth-order valence-corrected chi connectivity index (χ4v) is 3.43. The van der Waals surface area contributed by atoms with Gasteiger partial charge >= 0.3 is 5.97 Å². The van der Waals surface area contributed by atoms with E-state index in [9.17, 15) is 9.59 Å². The third-order valence-corrected chi connectivity index (χ3v) is 5.14. The van der Waals surface area contributed by atoms with E-state index in [0.29, 0.717) is 11.6 Å². The summed E-state index contributed by atoms with van der Waals surface area (Å²) in [4.78, 5) is 27.3. The molecule has 0 bridgehead atoms. The van der Waals surface area contributed by atoms with E-state index in [1.807, 2.05) is 30.9 Å². The highest BCUT2D eigenvalue weighted by Crippen LogP contribution is 2.23. The molecule has 1 amide bonds. The van der Waals surface area contributed by atoms with E-state index < -0.39 is 5.97 Å². The van der Waals surface area contributed by atoms with Crippen LogP contribution in [0.4, 0.5) is 5.69 Å². The van der Waals surface area contributed by atoms with Crippen molar-refractivity contribution in [1.29, 1.82) is 0 Å². The number of carboxylic acid groups (broad SMARTS) is 1. The van der Waals surface area contributed by atoms with Crippen molar-refractivity contribution in [2.45, 2.75) is 32.7 Å². The number of anilines is 1. The molecule has 26 heavy (non-hydrogen) atoms. The lowest BCUT2D eigenvalue weighted by molar-refractivity contribution is -0.139. The maximum absolute atomic E-state index is 12.3. The van der Waals surface area contributed by atoms with Gasteiger partial charge in [0.25, 0.3) is 0 Å². The van der Waals surface area contributed by atoms with E-state index in [1.54, 1.807) is 6.07 Å². The molecular formula is C18H27Cl2N3O3. The molecule has 1 fully saturated rings. The van der Waals surface area contributed by atoms with Crippen LogP contribution < -0.4 is 5.32 Å². The van der Waals surface area contributed by atoms with Gasteiger partial charge in [0.15, 0.2) is 0 Å². The van der Waals surface area contributed by atoms with Crippen LogP contribution in [0, 0.1) is 6.92 Å². The largest absolute Gasteiger partial charge is 0.480 e. The molecule has 1 aromatic rings. The highest BCUT2D eigenvalue weighted by atomic mass is 35.5. The average Bonchev–Trinajstić information content (AvgIpc) is 2.57. The first-order valence-electron chi connectivity index (χ1n) is 8.63. The summed E-state index contributed by atoms with van der Waals surface area (Å²) >= 11 is 6.08. The van der Waals surface area contributed by atoms with Crippen molar-refractivity contribution < 1.29 is 14.7 Å². The Hall–Kier alpha value is -1.34. The molecule has 0 saturated carbocycles. The first kappa shape index (κ1) is 22.7. The van der Waals surface area contributed by atoms with Crippen molar-refractivity contribution >= 4 is 41.6 Å². The van der Waals surface area contributed by atoms with Gasteiger partial charge in [0.05, 0.1) is 13.1 Å². The van der Waals surface area contributed by atoms with Crippen molar-refractivity contribution in [2.24, 2.45) is 0 Å². The quantitative estimate of drug-likeness (QED) is 0.731. The minimum Gasteiger partial charge on any atom is -0.480 e. The lowest BCUT2D eigenvalue weighted by Crippen LogP contribution is -2.48. The van der Waals surface area contributed by atoms with E-state index in [1.165, 1.54) is 0 Å². The number of aliphatic carboxylic acids is 1. The van der Waals surface area contributed by atoms with Crippen LogP contribution >= 0.6 is 24.0 Å². The summed E-state index contributed by atoms with van der Waals surface area (Å²) in [5.74, 6) is -0.845. The molecule has 0 unspecified atom stereocenters. The van der Waals surface area contributed by atoms with Crippen LogP contribution in [0.1, 0.15) is 25.3 Å². The van der Waals surface area contributed by atoms with Gasteiger partial charge in [-0.05, 0) is 44.0 Å². The molecule has 0 radical (unpaired) electrons. The Morgan fingerprint density at radius 3 is 2.58 bits per heavy atom. The number of amides is 1. The van der Waals surface area contributed by atoms with Crippen molar-refractivity contribution in [1.82, 2.24) is 9.80 Å². The third-order valence-electron chi connectivity index (χ3n) is 4.73. The van der Waals surface area contributed by atoms with Crippen LogP contribution in [0.5, 0.6) is 0 Å². The van der Waals surface area contributed by atoms with Crippen LogP contribution in [0.25, 0.3) is 0 Å². The number of carbonyl (C=O) groups excluding carboxylic acids is 1. The summed E-state index contributed by atoms with van der Waals surface area (Å²) in [6.07, 6.45) is 1.76. The van der Waals surface area contributed by atoms with Crippen molar-refractivity contribution in [3.05, 3.63) is 28.8 Å². The first-order chi connectivity index (χ1) is 11.9. The number of carboxylic acids is 1. The van der Waals surface area contributed by atoms with Crippen molar-refractivity contribution in [3.63, 3.8) is 0 Å². The Morgan fingerprint density at radius 1 is 1.35 bits per heavy atom. The lowest BCUT2D eigenvalue weighted by Gasteiger charge is -2.37. The number of hydrogen-bond donors (Lipinski definition) is 2. The van der Waals surface area contributed by atoms with Gasteiger partial charge in [-0.3, -0.25) is 19.4 Å². The Kier molecular flexibility index (Phi) is 9.36. The zero-order chi connectivity index (χ0) is 18.4. The second-order valence-corrected chi connectivity index (χ2v) is 6.83. The molecule has 1 aromatic carbocycles. The molecule has 0 spiro atoms. The molecule has 8 heteroatoms. The lowest BCUT2D eigenvalue weighted by atomic mass is 10.0. The molecule has 0 atom stereocenters. The average molecular weight is 404 g/mol. The molecule has 0 aromatic heterocycles. The van der Waals surface area contributed by atoms with Gasteiger partial charge in [-0.15, -0.1) is 12.4 Å². The van der Waals surface area contributed by atoms with E-state index in [4.69, 9.17) is 16.7 Å². The summed E-state index contributed by atoms with van der Waals surface area (Å²) in [5, 5.41) is 12.5. The molecule has 2 N–H and O–H groups in total. The predicted molar refractivity (Wildman–Crippen MR) is 106 cm³/mol. The van der Waals surface area contributed by atoms with E-state index in [0.717, 1.165) is 43.7 Å². The highest BCUT2D eigenvalue weighted by Gasteiger charge is 2.25. The van der Waals surface area contributed by atoms with Crippen LogP contribution in [-0.2, 0) is 9.59 Å². The number of piperidine rings is 1. The van der Waals surface area contributed by atoms with Gasteiger partial charge in [0, 0.05) is 29.8 Å². The fraction of sp³-hybridized carbons (Fsp3) is 0.556. The fourth-order valence-electron chi connectivity index (χ4n) is 3.25. The first-order valence-corrected chi connectivity index (χ1v) is 9.01. The molecule has 1 saturated heterocycles. The summed E-state index contributed by atoms with van der Waals surface area (Å²) in [6, 6.07) is 5.73. The van der Waals surface area contributed by atoms with E-state index in [2.05, 4.69) is 10.2 Å². The number of nitrogens with zero attached hydrogens (tertiary/aromatic N) is 2. The van der Waals surface area contributed by atoms with Gasteiger partial charge in [-0.25, -0.2) is 0 Å². The molecule has 0 aliphatic carbocycles. The zero-order valence-corrected chi connectivity index (χ0v) is 16.8. The number of carbonyl (C=O) groups is 2. The Balaban J connectivity index is 0.00000338. The van der Waals surface area contributed by atoms with Crippen LogP contribution in [0.2, 0.25) is 5.02 Å². The Bertz CT molecular complexity index is 620. The molecule has 2 rings (SSSR count). The molecule has 1 heterocycles. The summed E-state index contributed by atoms with van der Waals surface area (Å²) < 4.78 is 0. The number of nitrogens with one attached hydrogen (secondary N) is 1. The second-order valence-electron chi connectivity index (χ2n) is 6.42. The number of rotatable bonds is 7. The normalized spacial score (nSPS) is 15.5.